The number of fused-ring (bicyclic) bond motifs is 1. The van der Waals surface area contributed by atoms with Crippen LogP contribution in [0.3, 0.4) is 0 Å². The Bertz CT molecular complexity index is 627. The maximum atomic E-state index is 13.3. The quantitative estimate of drug-likeness (QED) is 0.780. The van der Waals surface area contributed by atoms with Gasteiger partial charge in [-0.2, -0.15) is 0 Å². The lowest BCUT2D eigenvalue weighted by Crippen LogP contribution is -2.35. The number of hydrogen-bond donors (Lipinski definition) is 0. The molecule has 0 bridgehead atoms. The molecule has 3 rings (SSSR count). The zero-order valence-corrected chi connectivity index (χ0v) is 11.3. The lowest BCUT2D eigenvalue weighted by Gasteiger charge is -2.28. The average Bonchev–Trinajstić information content (AvgIpc) is 2.64. The molecule has 0 unspecified atom stereocenters. The Labute approximate surface area is 112 Å². The Hall–Kier alpha value is -2.10. The van der Waals surface area contributed by atoms with Crippen LogP contribution in [0.1, 0.15) is 12.5 Å². The van der Waals surface area contributed by atoms with Crippen LogP contribution in [-0.4, -0.2) is 18.2 Å². The Balaban J connectivity index is 2.15. The lowest BCUT2D eigenvalue weighted by molar-refractivity contribution is 0.626. The molecule has 0 N–H and O–H groups in total. The summed E-state index contributed by atoms with van der Waals surface area (Å²) in [6, 6.07) is 6.91. The van der Waals surface area contributed by atoms with E-state index in [1.807, 2.05) is 32.3 Å². The molecule has 98 valence electrons. The first-order valence-corrected chi connectivity index (χ1v) is 6.32. The molecule has 1 aromatic carbocycles. The fourth-order valence-electron chi connectivity index (χ4n) is 2.65. The van der Waals surface area contributed by atoms with Gasteiger partial charge in [-0.05, 0) is 43.7 Å². The van der Waals surface area contributed by atoms with E-state index in [1.54, 1.807) is 12.3 Å². The van der Waals surface area contributed by atoms with Crippen LogP contribution in [-0.2, 0) is 0 Å². The molecule has 1 aliphatic heterocycles. The van der Waals surface area contributed by atoms with E-state index in [0.29, 0.717) is 0 Å². The predicted octanol–water partition coefficient (Wildman–Crippen LogP) is 3.46. The van der Waals surface area contributed by atoms with Crippen LogP contribution in [0.15, 0.2) is 36.7 Å². The minimum absolute atomic E-state index is 0.184. The first kappa shape index (κ1) is 12.0. The van der Waals surface area contributed by atoms with Gasteiger partial charge in [0.25, 0.3) is 0 Å². The molecule has 19 heavy (non-hydrogen) atoms. The molecule has 1 aromatic heterocycles. The summed E-state index contributed by atoms with van der Waals surface area (Å²) in [5.74, 6) is -0.198. The van der Waals surface area contributed by atoms with Crippen molar-refractivity contribution in [2.24, 2.45) is 0 Å². The second-order valence-electron chi connectivity index (χ2n) is 4.91. The van der Waals surface area contributed by atoms with E-state index in [9.17, 15) is 4.39 Å². The SMILES string of the molecule is Cc1cc(F)ccc1N1c2ccncc2N(C)[C@@H]1C. The largest absolute Gasteiger partial charge is 0.351 e. The van der Waals surface area contributed by atoms with Gasteiger partial charge < -0.3 is 9.80 Å². The van der Waals surface area contributed by atoms with Crippen molar-refractivity contribution in [3.05, 3.63) is 48.0 Å². The Morgan fingerprint density at radius 3 is 2.68 bits per heavy atom. The zero-order valence-electron chi connectivity index (χ0n) is 11.3. The summed E-state index contributed by atoms with van der Waals surface area (Å²) < 4.78 is 13.3. The number of anilines is 3. The molecule has 0 radical (unpaired) electrons. The fraction of sp³-hybridized carbons (Fsp3) is 0.267. The van der Waals surface area contributed by atoms with Gasteiger partial charge in [-0.15, -0.1) is 0 Å². The standard InChI is InChI=1S/C15H16FN3/c1-10-8-12(16)4-5-13(10)19-11(2)18(3)15-9-17-7-6-14(15)19/h4-9,11H,1-3H3/t11-/m0/s1. The third kappa shape index (κ3) is 1.75. The van der Waals surface area contributed by atoms with E-state index in [4.69, 9.17) is 0 Å². The van der Waals surface area contributed by atoms with Crippen LogP contribution in [0, 0.1) is 12.7 Å². The summed E-state index contributed by atoms with van der Waals surface area (Å²) in [5.41, 5.74) is 4.18. The van der Waals surface area contributed by atoms with E-state index < -0.39 is 0 Å². The number of halogens is 1. The first-order valence-electron chi connectivity index (χ1n) is 6.32. The number of nitrogens with zero attached hydrogens (tertiary/aromatic N) is 3. The number of pyridine rings is 1. The van der Waals surface area contributed by atoms with Crippen molar-refractivity contribution in [1.29, 1.82) is 0 Å². The molecule has 2 heterocycles. The summed E-state index contributed by atoms with van der Waals surface area (Å²) in [5, 5.41) is 0. The molecule has 1 aliphatic rings. The number of aryl methyl sites for hydroxylation is 1. The van der Waals surface area contributed by atoms with Crippen molar-refractivity contribution >= 4 is 17.1 Å². The van der Waals surface area contributed by atoms with Crippen LogP contribution in [0.2, 0.25) is 0 Å². The number of hydrogen-bond acceptors (Lipinski definition) is 3. The third-order valence-corrected chi connectivity index (χ3v) is 3.77. The predicted molar refractivity (Wildman–Crippen MR) is 75.4 cm³/mol. The molecule has 0 spiro atoms. The second-order valence-corrected chi connectivity index (χ2v) is 4.91. The van der Waals surface area contributed by atoms with Crippen LogP contribution in [0.5, 0.6) is 0 Å². The van der Waals surface area contributed by atoms with Gasteiger partial charge in [0.1, 0.15) is 12.0 Å². The van der Waals surface area contributed by atoms with Crippen molar-refractivity contribution in [2.75, 3.05) is 16.8 Å². The highest BCUT2D eigenvalue weighted by Crippen LogP contribution is 2.43. The monoisotopic (exact) mass is 257 g/mol. The van der Waals surface area contributed by atoms with Crippen molar-refractivity contribution in [2.45, 2.75) is 20.0 Å². The van der Waals surface area contributed by atoms with Gasteiger partial charge in [0.05, 0.1) is 17.6 Å². The zero-order chi connectivity index (χ0) is 13.6. The molecule has 0 aliphatic carbocycles. The topological polar surface area (TPSA) is 19.4 Å². The van der Waals surface area contributed by atoms with Gasteiger partial charge in [-0.3, -0.25) is 4.98 Å². The summed E-state index contributed by atoms with van der Waals surface area (Å²) >= 11 is 0. The second kappa shape index (κ2) is 4.23. The molecule has 0 fully saturated rings. The number of rotatable bonds is 1. The van der Waals surface area contributed by atoms with Crippen molar-refractivity contribution in [3.8, 4) is 0 Å². The highest BCUT2D eigenvalue weighted by Gasteiger charge is 2.32. The summed E-state index contributed by atoms with van der Waals surface area (Å²) in [6.45, 7) is 4.06. The van der Waals surface area contributed by atoms with Crippen molar-refractivity contribution < 1.29 is 4.39 Å². The summed E-state index contributed by atoms with van der Waals surface area (Å²) in [7, 11) is 2.05. The number of benzene rings is 1. The molecule has 3 nitrogen and oxygen atoms in total. The maximum absolute atomic E-state index is 13.3. The average molecular weight is 257 g/mol. The Morgan fingerprint density at radius 2 is 1.95 bits per heavy atom. The molecular formula is C15H16FN3. The Kier molecular flexibility index (Phi) is 2.66. The lowest BCUT2D eigenvalue weighted by atomic mass is 10.1. The van der Waals surface area contributed by atoms with Crippen LogP contribution >= 0.6 is 0 Å². The van der Waals surface area contributed by atoms with E-state index in [2.05, 4.69) is 21.7 Å². The molecule has 0 saturated carbocycles. The van der Waals surface area contributed by atoms with E-state index in [-0.39, 0.29) is 12.0 Å². The smallest absolute Gasteiger partial charge is 0.123 e. The summed E-state index contributed by atoms with van der Waals surface area (Å²) in [6.07, 6.45) is 3.84. The van der Waals surface area contributed by atoms with Crippen LogP contribution < -0.4 is 9.80 Å². The highest BCUT2D eigenvalue weighted by atomic mass is 19.1. The van der Waals surface area contributed by atoms with Gasteiger partial charge >= 0.3 is 0 Å². The van der Waals surface area contributed by atoms with Gasteiger partial charge in [-0.1, -0.05) is 0 Å². The minimum Gasteiger partial charge on any atom is -0.351 e. The van der Waals surface area contributed by atoms with Crippen LogP contribution in [0.25, 0.3) is 0 Å². The molecule has 0 saturated heterocycles. The van der Waals surface area contributed by atoms with E-state index in [0.717, 1.165) is 22.6 Å². The molecule has 1 atom stereocenters. The van der Waals surface area contributed by atoms with Gasteiger partial charge in [0.15, 0.2) is 0 Å². The minimum atomic E-state index is -0.198. The Morgan fingerprint density at radius 1 is 1.16 bits per heavy atom. The van der Waals surface area contributed by atoms with Crippen LogP contribution in [0.4, 0.5) is 21.5 Å². The van der Waals surface area contributed by atoms with E-state index >= 15 is 0 Å². The van der Waals surface area contributed by atoms with Crippen molar-refractivity contribution in [3.63, 3.8) is 0 Å². The van der Waals surface area contributed by atoms with Gasteiger partial charge in [0, 0.05) is 18.9 Å². The van der Waals surface area contributed by atoms with E-state index in [1.165, 1.54) is 6.07 Å². The molecule has 4 heteroatoms. The number of aromatic nitrogens is 1. The highest BCUT2D eigenvalue weighted by molar-refractivity contribution is 5.83. The van der Waals surface area contributed by atoms with Crippen molar-refractivity contribution in [1.82, 2.24) is 4.98 Å². The van der Waals surface area contributed by atoms with Gasteiger partial charge in [0.2, 0.25) is 0 Å². The molecule has 2 aromatic rings. The normalized spacial score (nSPS) is 17.8. The summed E-state index contributed by atoms with van der Waals surface area (Å²) in [4.78, 5) is 8.56. The maximum Gasteiger partial charge on any atom is 0.123 e. The van der Waals surface area contributed by atoms with Gasteiger partial charge in [-0.25, -0.2) is 4.39 Å². The first-order chi connectivity index (χ1) is 9.09. The molecular weight excluding hydrogens is 241 g/mol. The fourth-order valence-corrected chi connectivity index (χ4v) is 2.65. The third-order valence-electron chi connectivity index (χ3n) is 3.77. The molecule has 0 amide bonds.